The summed E-state index contributed by atoms with van der Waals surface area (Å²) in [5.74, 6) is -5.53. The van der Waals surface area contributed by atoms with Crippen LogP contribution in [0.2, 0.25) is 0 Å². The van der Waals surface area contributed by atoms with E-state index in [0.717, 1.165) is 38.5 Å². The summed E-state index contributed by atoms with van der Waals surface area (Å²) in [6.07, 6.45) is 7.25. The number of aliphatic carboxylic acids is 3. The van der Waals surface area contributed by atoms with E-state index in [1.807, 2.05) is 0 Å². The number of ether oxygens (including phenoxy) is 5. The van der Waals surface area contributed by atoms with Crippen LogP contribution in [0.4, 0.5) is 0 Å². The number of carboxylic acids is 4. The largest absolute Gasteiger partial charge is 0.494 e. The highest BCUT2D eigenvalue weighted by atomic mass is 32.2. The molecule has 1 aromatic rings. The number of nitrogens with one attached hydrogen (secondary N) is 6. The molecule has 402 valence electrons. The highest BCUT2D eigenvalue weighted by molar-refractivity contribution is 8.00. The lowest BCUT2D eigenvalue weighted by atomic mass is 10.1. The van der Waals surface area contributed by atoms with Crippen LogP contribution in [-0.2, 0) is 57.3 Å². The summed E-state index contributed by atoms with van der Waals surface area (Å²) in [6, 6.07) is 3.18. The molecule has 0 unspecified atom stereocenters. The number of likely N-dealkylation sites (N-methyl/N-ethyl adjacent to an activating group) is 1. The molecule has 0 heterocycles. The zero-order chi connectivity index (χ0) is 52.5. The van der Waals surface area contributed by atoms with E-state index >= 15 is 0 Å². The molecule has 1 rings (SSSR count). The van der Waals surface area contributed by atoms with Crippen molar-refractivity contribution in [3.05, 3.63) is 29.8 Å². The molecule has 0 aliphatic heterocycles. The average molecular weight is 1030 g/mol. The predicted octanol–water partition coefficient (Wildman–Crippen LogP) is 0.795. The van der Waals surface area contributed by atoms with Crippen LogP contribution in [0.1, 0.15) is 93.8 Å². The maximum atomic E-state index is 12.3. The second-order valence-electron chi connectivity index (χ2n) is 15.9. The standard InChI is InChI=1S/C46H74N6O18S/c1-47-37(46(64)65)31-71-32-42(57)48-19-9-8-11-35(44(60)61)52-41(56)30-69-28-26-67-24-21-50-40(55)29-68-27-25-66-23-20-49-38(53)18-17-36(45(62)63)51-39(54)12-7-5-3-2-4-6-10-22-70-34-15-13-33(14-16-34)43(58)59/h13-16,35-37,47H,2-12,17-32H2,1H3,(H,48,57)(H,49,53)(H,50,55)(H,51,54)(H,52,56)(H,58,59)(H,60,61)(H,62,63)(H,64,65)/t35-,36+,37-/m0/s1. The Hall–Kier alpha value is -5.60. The molecule has 0 saturated heterocycles. The first-order chi connectivity index (χ1) is 34.1. The highest BCUT2D eigenvalue weighted by Gasteiger charge is 2.22. The first-order valence-electron chi connectivity index (χ1n) is 23.7. The van der Waals surface area contributed by atoms with E-state index in [1.54, 1.807) is 12.1 Å². The quantitative estimate of drug-likeness (QED) is 0.0404. The van der Waals surface area contributed by atoms with E-state index < -0.39 is 53.8 Å². The van der Waals surface area contributed by atoms with Gasteiger partial charge in [-0.1, -0.05) is 32.1 Å². The van der Waals surface area contributed by atoms with Gasteiger partial charge in [0.2, 0.25) is 29.5 Å². The zero-order valence-corrected chi connectivity index (χ0v) is 41.4. The fourth-order valence-corrected chi connectivity index (χ4v) is 7.13. The molecule has 0 spiro atoms. The third kappa shape index (κ3) is 35.2. The van der Waals surface area contributed by atoms with Gasteiger partial charge in [-0.05, 0) is 69.8 Å². The van der Waals surface area contributed by atoms with Crippen molar-refractivity contribution in [2.45, 2.75) is 102 Å². The second-order valence-corrected chi connectivity index (χ2v) is 17.0. The Morgan fingerprint density at radius 1 is 0.493 bits per heavy atom. The minimum Gasteiger partial charge on any atom is -0.494 e. The third-order valence-corrected chi connectivity index (χ3v) is 11.1. The Kier molecular flexibility index (Phi) is 36.7. The van der Waals surface area contributed by atoms with Crippen molar-refractivity contribution >= 4 is 65.2 Å². The Morgan fingerprint density at radius 3 is 1.61 bits per heavy atom. The fourth-order valence-electron chi connectivity index (χ4n) is 6.18. The van der Waals surface area contributed by atoms with E-state index in [4.69, 9.17) is 33.9 Å². The van der Waals surface area contributed by atoms with Crippen LogP contribution in [0.3, 0.4) is 0 Å². The highest BCUT2D eigenvalue weighted by Crippen LogP contribution is 2.14. The summed E-state index contributed by atoms with van der Waals surface area (Å²) in [7, 11) is 1.52. The van der Waals surface area contributed by atoms with Crippen molar-refractivity contribution in [3.8, 4) is 5.75 Å². The lowest BCUT2D eigenvalue weighted by Gasteiger charge is -2.15. The normalized spacial score (nSPS) is 12.2. The van der Waals surface area contributed by atoms with Crippen molar-refractivity contribution in [1.82, 2.24) is 31.9 Å². The topological polar surface area (TPSA) is 353 Å². The molecule has 24 nitrogen and oxygen atoms in total. The van der Waals surface area contributed by atoms with Crippen molar-refractivity contribution in [2.24, 2.45) is 0 Å². The van der Waals surface area contributed by atoms with Crippen LogP contribution in [-0.4, -0.2) is 190 Å². The number of carbonyl (C=O) groups excluding carboxylic acids is 5. The summed E-state index contributed by atoms with van der Waals surface area (Å²) in [5, 5.41) is 52.4. The van der Waals surface area contributed by atoms with Gasteiger partial charge in [0, 0.05) is 38.2 Å². The van der Waals surface area contributed by atoms with E-state index in [9.17, 15) is 53.4 Å². The molecule has 0 radical (unpaired) electrons. The van der Waals surface area contributed by atoms with Gasteiger partial charge in [-0.2, -0.15) is 0 Å². The Labute approximate surface area is 418 Å². The number of unbranched alkanes of at least 4 members (excludes halogenated alkanes) is 7. The molecule has 71 heavy (non-hydrogen) atoms. The molecular weight excluding hydrogens is 957 g/mol. The predicted molar refractivity (Wildman–Crippen MR) is 258 cm³/mol. The minimum absolute atomic E-state index is 0.0446. The average Bonchev–Trinajstić information content (AvgIpc) is 3.33. The number of thioether (sulfide) groups is 1. The second kappa shape index (κ2) is 41.1. The van der Waals surface area contributed by atoms with E-state index in [0.29, 0.717) is 38.2 Å². The number of carbonyl (C=O) groups is 9. The third-order valence-electron chi connectivity index (χ3n) is 10.1. The first kappa shape index (κ1) is 63.4. The van der Waals surface area contributed by atoms with Crippen LogP contribution in [0.15, 0.2) is 24.3 Å². The van der Waals surface area contributed by atoms with Gasteiger partial charge in [0.1, 0.15) is 37.1 Å². The zero-order valence-electron chi connectivity index (χ0n) is 40.5. The van der Waals surface area contributed by atoms with Crippen LogP contribution >= 0.6 is 11.8 Å². The van der Waals surface area contributed by atoms with E-state index in [1.165, 1.54) is 30.9 Å². The van der Waals surface area contributed by atoms with Gasteiger partial charge in [-0.25, -0.2) is 14.4 Å². The molecule has 5 amide bonds. The summed E-state index contributed by atoms with van der Waals surface area (Å²) >= 11 is 1.18. The van der Waals surface area contributed by atoms with Crippen LogP contribution < -0.4 is 36.6 Å². The number of carboxylic acid groups (broad SMARTS) is 4. The van der Waals surface area contributed by atoms with Gasteiger partial charge in [0.15, 0.2) is 0 Å². The van der Waals surface area contributed by atoms with Crippen molar-refractivity contribution in [3.63, 3.8) is 0 Å². The number of benzene rings is 1. The fraction of sp³-hybridized carbons (Fsp3) is 0.674. The minimum atomic E-state index is -1.23. The number of hydrogen-bond donors (Lipinski definition) is 10. The maximum Gasteiger partial charge on any atom is 0.335 e. The van der Waals surface area contributed by atoms with Gasteiger partial charge in [0.05, 0.1) is 57.6 Å². The summed E-state index contributed by atoms with van der Waals surface area (Å²) < 4.78 is 26.9. The Morgan fingerprint density at radius 2 is 1.01 bits per heavy atom. The smallest absolute Gasteiger partial charge is 0.335 e. The number of hydrogen-bond acceptors (Lipinski definition) is 16. The maximum absolute atomic E-state index is 12.3. The molecule has 0 fully saturated rings. The van der Waals surface area contributed by atoms with Gasteiger partial charge < -0.3 is 76.0 Å². The van der Waals surface area contributed by atoms with Gasteiger partial charge >= 0.3 is 23.9 Å². The molecule has 3 atom stereocenters. The van der Waals surface area contributed by atoms with Gasteiger partial charge in [-0.15, -0.1) is 11.8 Å². The molecule has 1 aromatic carbocycles. The van der Waals surface area contributed by atoms with Gasteiger partial charge in [-0.3, -0.25) is 28.8 Å². The Bertz CT molecular complexity index is 1740. The molecular formula is C46H74N6O18S. The Balaban J connectivity index is 1.98. The first-order valence-corrected chi connectivity index (χ1v) is 24.9. The number of amides is 5. The molecule has 0 aromatic heterocycles. The lowest BCUT2D eigenvalue weighted by Crippen LogP contribution is -2.42. The van der Waals surface area contributed by atoms with E-state index in [2.05, 4.69) is 31.9 Å². The van der Waals surface area contributed by atoms with Crippen LogP contribution in [0.25, 0.3) is 0 Å². The molecule has 25 heteroatoms. The summed E-state index contributed by atoms with van der Waals surface area (Å²) in [5.41, 5.74) is 0.205. The molecule has 0 aliphatic rings. The lowest BCUT2D eigenvalue weighted by molar-refractivity contribution is -0.143. The van der Waals surface area contributed by atoms with E-state index in [-0.39, 0.29) is 126 Å². The van der Waals surface area contributed by atoms with Crippen LogP contribution in [0.5, 0.6) is 5.75 Å². The SMILES string of the molecule is CN[C@@H](CSCC(=O)NCCCC[C@H](NC(=O)COCCOCCNC(=O)COCCOCCNC(=O)CC[C@@H](NC(=O)CCCCCCCCCOc1ccc(C(=O)O)cc1)C(=O)O)C(=O)O)C(=O)O. The van der Waals surface area contributed by atoms with Crippen molar-refractivity contribution in [1.29, 1.82) is 0 Å². The monoisotopic (exact) mass is 1030 g/mol. The molecule has 0 saturated carbocycles. The van der Waals surface area contributed by atoms with Crippen LogP contribution in [0, 0.1) is 0 Å². The van der Waals surface area contributed by atoms with Crippen molar-refractivity contribution in [2.75, 3.05) is 97.6 Å². The van der Waals surface area contributed by atoms with Gasteiger partial charge in [0.25, 0.3) is 0 Å². The number of aromatic carboxylic acids is 1. The summed E-state index contributed by atoms with van der Waals surface area (Å²) in [6.45, 7) is 1.30. The molecule has 0 aliphatic carbocycles. The molecule has 10 N–H and O–H groups in total. The summed E-state index contributed by atoms with van der Waals surface area (Å²) in [4.78, 5) is 106. The van der Waals surface area contributed by atoms with Crippen molar-refractivity contribution < 1.29 is 87.3 Å². The number of rotatable bonds is 46. The molecule has 0 bridgehead atoms.